The number of aromatic nitrogens is 2. The molecule has 2 unspecified atom stereocenters. The summed E-state index contributed by atoms with van der Waals surface area (Å²) < 4.78 is 3.32. The highest BCUT2D eigenvalue weighted by molar-refractivity contribution is 5.90. The molecule has 130 valence electrons. The highest BCUT2D eigenvalue weighted by Gasteiger charge is 2.50. The molecule has 1 aromatic heterocycles. The predicted octanol–water partition coefficient (Wildman–Crippen LogP) is 2.57. The van der Waals surface area contributed by atoms with Gasteiger partial charge in [0.2, 0.25) is 0 Å². The third kappa shape index (κ3) is 2.67. The van der Waals surface area contributed by atoms with E-state index < -0.39 is 0 Å². The quantitative estimate of drug-likeness (QED) is 0.845. The molecule has 0 aliphatic heterocycles. The zero-order valence-corrected chi connectivity index (χ0v) is 14.4. The van der Waals surface area contributed by atoms with Crippen LogP contribution in [0, 0.1) is 18.8 Å². The normalized spacial score (nSPS) is 23.8. The lowest BCUT2D eigenvalue weighted by Crippen LogP contribution is -2.34. The zero-order chi connectivity index (χ0) is 17.6. The molecule has 2 aliphatic rings. The lowest BCUT2D eigenvalue weighted by atomic mass is 10.1. The molecule has 1 heterocycles. The van der Waals surface area contributed by atoms with Gasteiger partial charge in [0, 0.05) is 13.1 Å². The van der Waals surface area contributed by atoms with Crippen molar-refractivity contribution in [1.82, 2.24) is 14.7 Å². The molecule has 1 fully saturated rings. The number of amides is 2. The van der Waals surface area contributed by atoms with Crippen molar-refractivity contribution in [3.63, 3.8) is 0 Å². The summed E-state index contributed by atoms with van der Waals surface area (Å²) in [5, 5.41) is 5.79. The first-order valence-electron chi connectivity index (χ1n) is 8.64. The minimum atomic E-state index is -0.301. The number of anilines is 1. The van der Waals surface area contributed by atoms with Crippen LogP contribution in [0.5, 0.6) is 0 Å². The molecule has 2 amide bonds. The molecule has 0 spiro atoms. The molecule has 2 atom stereocenters. The van der Waals surface area contributed by atoms with Crippen LogP contribution >= 0.6 is 0 Å². The monoisotopic (exact) mass is 338 g/mol. The van der Waals surface area contributed by atoms with Crippen LogP contribution in [0.15, 0.2) is 47.3 Å². The van der Waals surface area contributed by atoms with Gasteiger partial charge in [-0.3, -0.25) is 9.48 Å². The van der Waals surface area contributed by atoms with Gasteiger partial charge in [-0.2, -0.15) is 0 Å². The molecule has 6 heteroatoms. The van der Waals surface area contributed by atoms with E-state index >= 15 is 0 Å². The van der Waals surface area contributed by atoms with Gasteiger partial charge in [-0.25, -0.2) is 9.48 Å². The predicted molar refractivity (Wildman–Crippen MR) is 97.0 cm³/mol. The van der Waals surface area contributed by atoms with E-state index in [1.807, 2.05) is 44.3 Å². The van der Waals surface area contributed by atoms with Crippen molar-refractivity contribution in [2.75, 3.05) is 5.32 Å². The fraction of sp³-hybridized carbons (Fsp3) is 0.368. The number of allylic oxidation sites excluding steroid dienone is 2. The van der Waals surface area contributed by atoms with E-state index in [0.717, 1.165) is 24.2 Å². The Hall–Kier alpha value is -2.76. The number of para-hydroxylation sites is 1. The topological polar surface area (TPSA) is 68.1 Å². The van der Waals surface area contributed by atoms with Crippen LogP contribution < -0.4 is 16.2 Å². The lowest BCUT2D eigenvalue weighted by Gasteiger charge is -2.07. The summed E-state index contributed by atoms with van der Waals surface area (Å²) in [6, 6.07) is 9.32. The molecule has 0 saturated heterocycles. The average Bonchev–Trinajstić information content (AvgIpc) is 3.27. The molecule has 1 saturated carbocycles. The van der Waals surface area contributed by atoms with Gasteiger partial charge in [0.25, 0.3) is 5.56 Å². The second-order valence-electron chi connectivity index (χ2n) is 6.83. The number of carbonyl (C=O) groups excluding carboxylic acids is 1. The summed E-state index contributed by atoms with van der Waals surface area (Å²) in [6.45, 7) is 1.83. The molecule has 0 radical (unpaired) electrons. The summed E-state index contributed by atoms with van der Waals surface area (Å²) in [5.41, 5.74) is 1.59. The third-order valence-corrected chi connectivity index (χ3v) is 5.41. The Morgan fingerprint density at radius 2 is 1.76 bits per heavy atom. The maximum absolute atomic E-state index is 12.8. The molecular formula is C19H22N4O2. The lowest BCUT2D eigenvalue weighted by molar-refractivity contribution is 0.251. The van der Waals surface area contributed by atoms with Crippen LogP contribution in [-0.2, 0) is 7.05 Å². The van der Waals surface area contributed by atoms with Gasteiger partial charge in [-0.1, -0.05) is 30.4 Å². The first-order valence-corrected chi connectivity index (χ1v) is 8.64. The number of nitrogens with zero attached hydrogens (tertiary/aromatic N) is 2. The third-order valence-electron chi connectivity index (χ3n) is 5.41. The van der Waals surface area contributed by atoms with Gasteiger partial charge in [0.15, 0.2) is 0 Å². The van der Waals surface area contributed by atoms with E-state index in [2.05, 4.69) is 22.8 Å². The van der Waals surface area contributed by atoms with Gasteiger partial charge in [0.05, 0.1) is 11.4 Å². The number of hydrogen-bond donors (Lipinski definition) is 2. The number of rotatable bonds is 3. The maximum atomic E-state index is 12.8. The van der Waals surface area contributed by atoms with Gasteiger partial charge in [-0.15, -0.1) is 0 Å². The molecular weight excluding hydrogens is 316 g/mol. The molecule has 25 heavy (non-hydrogen) atoms. The van der Waals surface area contributed by atoms with Crippen molar-refractivity contribution in [1.29, 1.82) is 0 Å². The Balaban J connectivity index is 1.53. The van der Waals surface area contributed by atoms with E-state index in [0.29, 0.717) is 17.5 Å². The van der Waals surface area contributed by atoms with Crippen molar-refractivity contribution in [3.05, 3.63) is 58.5 Å². The number of urea groups is 1. The summed E-state index contributed by atoms with van der Waals surface area (Å²) in [7, 11) is 1.81. The van der Waals surface area contributed by atoms with Crippen LogP contribution in [0.4, 0.5) is 10.5 Å². The van der Waals surface area contributed by atoms with E-state index in [1.165, 1.54) is 0 Å². The summed E-state index contributed by atoms with van der Waals surface area (Å²) in [6.07, 6.45) is 6.42. The van der Waals surface area contributed by atoms with Crippen LogP contribution in [0.1, 0.15) is 18.5 Å². The van der Waals surface area contributed by atoms with Crippen LogP contribution in [0.25, 0.3) is 5.69 Å². The van der Waals surface area contributed by atoms with Gasteiger partial charge < -0.3 is 10.6 Å². The standard InChI is InChI=1S/C19H22N4O2/c1-12-16(18(24)23(22(12)2)13-8-4-3-5-9-13)20-19(25)21-17-14-10-6-7-11-15(14)17/h3-9,14-15,17H,10-11H2,1-2H3,(H2,20,21,25). The van der Waals surface area contributed by atoms with Gasteiger partial charge in [-0.05, 0) is 43.7 Å². The number of fused-ring (bicyclic) bond motifs is 1. The summed E-state index contributed by atoms with van der Waals surface area (Å²) in [4.78, 5) is 25.2. The Morgan fingerprint density at radius 1 is 1.12 bits per heavy atom. The van der Waals surface area contributed by atoms with Gasteiger partial charge in [0.1, 0.15) is 5.69 Å². The molecule has 2 aliphatic carbocycles. The largest absolute Gasteiger partial charge is 0.335 e. The van der Waals surface area contributed by atoms with Crippen LogP contribution in [0.3, 0.4) is 0 Å². The fourth-order valence-corrected chi connectivity index (χ4v) is 3.82. The Kier molecular flexibility index (Phi) is 3.75. The van der Waals surface area contributed by atoms with Crippen LogP contribution in [0.2, 0.25) is 0 Å². The van der Waals surface area contributed by atoms with Crippen molar-refractivity contribution >= 4 is 11.7 Å². The fourth-order valence-electron chi connectivity index (χ4n) is 3.82. The van der Waals surface area contributed by atoms with E-state index in [4.69, 9.17) is 0 Å². The smallest absolute Gasteiger partial charge is 0.319 e. The molecule has 6 nitrogen and oxygen atoms in total. The van der Waals surface area contributed by atoms with Crippen LogP contribution in [-0.4, -0.2) is 21.4 Å². The second kappa shape index (κ2) is 5.95. The van der Waals surface area contributed by atoms with Crippen molar-refractivity contribution < 1.29 is 4.79 Å². The highest BCUT2D eigenvalue weighted by atomic mass is 16.2. The first-order chi connectivity index (χ1) is 12.1. The van der Waals surface area contributed by atoms with E-state index in [9.17, 15) is 9.59 Å². The molecule has 0 bridgehead atoms. The summed E-state index contributed by atoms with van der Waals surface area (Å²) >= 11 is 0. The number of carbonyl (C=O) groups is 1. The SMILES string of the molecule is Cc1c(NC(=O)NC2C3CC=CCC32)c(=O)n(-c2ccccc2)n1C. The maximum Gasteiger partial charge on any atom is 0.319 e. The number of benzene rings is 1. The van der Waals surface area contributed by atoms with Gasteiger partial charge >= 0.3 is 6.03 Å². The second-order valence-corrected chi connectivity index (χ2v) is 6.83. The molecule has 1 aromatic carbocycles. The average molecular weight is 338 g/mol. The molecule has 2 aromatic rings. The minimum Gasteiger partial charge on any atom is -0.335 e. The van der Waals surface area contributed by atoms with Crippen molar-refractivity contribution in [2.24, 2.45) is 18.9 Å². The van der Waals surface area contributed by atoms with E-state index in [1.54, 1.807) is 9.36 Å². The summed E-state index contributed by atoms with van der Waals surface area (Å²) in [5.74, 6) is 1.10. The Labute approximate surface area is 146 Å². The Morgan fingerprint density at radius 3 is 2.40 bits per heavy atom. The molecule has 4 rings (SSSR count). The molecule has 2 N–H and O–H groups in total. The zero-order valence-electron chi connectivity index (χ0n) is 14.4. The van der Waals surface area contributed by atoms with Crippen molar-refractivity contribution in [2.45, 2.75) is 25.8 Å². The Bertz CT molecular complexity index is 880. The number of nitrogens with one attached hydrogen (secondary N) is 2. The number of hydrogen-bond acceptors (Lipinski definition) is 2. The van der Waals surface area contributed by atoms with E-state index in [-0.39, 0.29) is 17.6 Å². The minimum absolute atomic E-state index is 0.218. The van der Waals surface area contributed by atoms with Crippen molar-refractivity contribution in [3.8, 4) is 5.69 Å². The first kappa shape index (κ1) is 15.7. The highest BCUT2D eigenvalue weighted by Crippen LogP contribution is 2.47.